The lowest BCUT2D eigenvalue weighted by molar-refractivity contribution is -0.122. The van der Waals surface area contributed by atoms with Crippen molar-refractivity contribution in [2.24, 2.45) is 5.92 Å². The van der Waals surface area contributed by atoms with Crippen molar-refractivity contribution in [3.05, 3.63) is 56.1 Å². The summed E-state index contributed by atoms with van der Waals surface area (Å²) in [6.45, 7) is 8.28. The standard InChI is InChI=1S/C24H26N4O3S2/c1-4-27-21(26-9-7-15(2)8-10-26)18(16(3)19(13-25)22(27)29)12-20-23(30)28(24(32)33-20)14-17-6-5-11-31-17/h5-6,11-12,15H,4,7-10,14H2,1-3H3/b20-12-. The molecule has 2 fully saturated rings. The number of nitriles is 1. The summed E-state index contributed by atoms with van der Waals surface area (Å²) in [6, 6.07) is 5.65. The largest absolute Gasteiger partial charge is 0.467 e. The highest BCUT2D eigenvalue weighted by molar-refractivity contribution is 8.26. The quantitative estimate of drug-likeness (QED) is 0.465. The molecular formula is C24H26N4O3S2. The monoisotopic (exact) mass is 482 g/mol. The van der Waals surface area contributed by atoms with Crippen molar-refractivity contribution in [1.82, 2.24) is 9.47 Å². The molecule has 0 atom stereocenters. The molecule has 0 spiro atoms. The molecule has 172 valence electrons. The van der Waals surface area contributed by atoms with Crippen LogP contribution in [0.3, 0.4) is 0 Å². The van der Waals surface area contributed by atoms with Gasteiger partial charge < -0.3 is 9.32 Å². The Bertz CT molecular complexity index is 1220. The Morgan fingerprint density at radius 2 is 2.06 bits per heavy atom. The molecule has 0 saturated carbocycles. The van der Waals surface area contributed by atoms with Crippen LogP contribution < -0.4 is 10.5 Å². The number of rotatable bonds is 5. The number of carbonyl (C=O) groups is 1. The molecule has 2 aliphatic rings. The first-order chi connectivity index (χ1) is 15.8. The minimum absolute atomic E-state index is 0.114. The zero-order valence-corrected chi connectivity index (χ0v) is 20.6. The first kappa shape index (κ1) is 23.3. The van der Waals surface area contributed by atoms with Gasteiger partial charge in [-0.1, -0.05) is 30.9 Å². The van der Waals surface area contributed by atoms with Gasteiger partial charge in [0.15, 0.2) is 0 Å². The second kappa shape index (κ2) is 9.57. The highest BCUT2D eigenvalue weighted by Crippen LogP contribution is 2.37. The molecule has 2 saturated heterocycles. The number of aromatic nitrogens is 1. The van der Waals surface area contributed by atoms with Crippen molar-refractivity contribution in [2.45, 2.75) is 46.7 Å². The number of piperidine rings is 1. The van der Waals surface area contributed by atoms with Crippen molar-refractivity contribution in [3.63, 3.8) is 0 Å². The van der Waals surface area contributed by atoms with Crippen molar-refractivity contribution < 1.29 is 9.21 Å². The summed E-state index contributed by atoms with van der Waals surface area (Å²) in [5, 5.41) is 9.71. The topological polar surface area (TPSA) is 82.5 Å². The van der Waals surface area contributed by atoms with E-state index in [0.29, 0.717) is 33.0 Å². The lowest BCUT2D eigenvalue weighted by Crippen LogP contribution is -2.39. The van der Waals surface area contributed by atoms with Gasteiger partial charge in [-0.15, -0.1) is 0 Å². The number of amides is 1. The molecule has 0 aliphatic carbocycles. The van der Waals surface area contributed by atoms with Crippen LogP contribution in [-0.4, -0.2) is 32.8 Å². The van der Waals surface area contributed by atoms with E-state index in [1.807, 2.05) is 6.92 Å². The third kappa shape index (κ3) is 4.37. The van der Waals surface area contributed by atoms with Crippen LogP contribution in [-0.2, 0) is 17.9 Å². The van der Waals surface area contributed by atoms with Gasteiger partial charge in [-0.2, -0.15) is 5.26 Å². The van der Waals surface area contributed by atoms with Gasteiger partial charge in [0.1, 0.15) is 27.5 Å². The Kier molecular flexibility index (Phi) is 6.77. The van der Waals surface area contributed by atoms with Crippen LogP contribution in [0.4, 0.5) is 5.82 Å². The van der Waals surface area contributed by atoms with E-state index in [-0.39, 0.29) is 23.6 Å². The van der Waals surface area contributed by atoms with E-state index >= 15 is 0 Å². The van der Waals surface area contributed by atoms with Gasteiger partial charge >= 0.3 is 0 Å². The summed E-state index contributed by atoms with van der Waals surface area (Å²) in [4.78, 5) is 30.5. The summed E-state index contributed by atoms with van der Waals surface area (Å²) >= 11 is 6.71. The molecule has 9 heteroatoms. The molecule has 2 aromatic heterocycles. The van der Waals surface area contributed by atoms with Gasteiger partial charge in [0.25, 0.3) is 11.5 Å². The van der Waals surface area contributed by atoms with Crippen LogP contribution in [0.25, 0.3) is 6.08 Å². The summed E-state index contributed by atoms with van der Waals surface area (Å²) in [7, 11) is 0. The fourth-order valence-corrected chi connectivity index (χ4v) is 5.56. The molecule has 4 rings (SSSR count). The number of pyridine rings is 1. The number of nitrogens with zero attached hydrogens (tertiary/aromatic N) is 4. The van der Waals surface area contributed by atoms with E-state index in [4.69, 9.17) is 16.6 Å². The minimum atomic E-state index is -0.284. The maximum atomic E-state index is 13.2. The Hall–Kier alpha value is -2.83. The maximum absolute atomic E-state index is 13.2. The van der Waals surface area contributed by atoms with Gasteiger partial charge in [-0.05, 0) is 56.4 Å². The molecule has 33 heavy (non-hydrogen) atoms. The van der Waals surface area contributed by atoms with E-state index in [2.05, 4.69) is 17.9 Å². The van der Waals surface area contributed by atoms with Crippen LogP contribution in [0.1, 0.15) is 49.1 Å². The lowest BCUT2D eigenvalue weighted by Gasteiger charge is -2.35. The molecule has 0 radical (unpaired) electrons. The number of furan rings is 1. The molecular weight excluding hydrogens is 456 g/mol. The first-order valence-corrected chi connectivity index (χ1v) is 12.3. The summed E-state index contributed by atoms with van der Waals surface area (Å²) in [5.74, 6) is 1.86. The smallest absolute Gasteiger partial charge is 0.270 e. The number of thiocarbonyl (C=S) groups is 1. The number of carbonyl (C=O) groups excluding carboxylic acids is 1. The van der Waals surface area contributed by atoms with Gasteiger partial charge in [0.2, 0.25) is 0 Å². The van der Waals surface area contributed by atoms with Crippen LogP contribution in [0.2, 0.25) is 0 Å². The molecule has 0 aromatic carbocycles. The highest BCUT2D eigenvalue weighted by Gasteiger charge is 2.34. The first-order valence-electron chi connectivity index (χ1n) is 11.1. The Balaban J connectivity index is 1.82. The summed E-state index contributed by atoms with van der Waals surface area (Å²) in [6.07, 6.45) is 5.43. The molecule has 0 bridgehead atoms. The number of anilines is 1. The molecule has 7 nitrogen and oxygen atoms in total. The van der Waals surface area contributed by atoms with Crippen molar-refractivity contribution in [1.29, 1.82) is 5.26 Å². The normalized spacial score (nSPS) is 18.4. The summed E-state index contributed by atoms with van der Waals surface area (Å²) < 4.78 is 7.50. The average molecular weight is 483 g/mol. The molecule has 2 aliphatic heterocycles. The van der Waals surface area contributed by atoms with Crippen molar-refractivity contribution >= 4 is 46.1 Å². The van der Waals surface area contributed by atoms with Gasteiger partial charge in [0.05, 0.1) is 17.7 Å². The second-order valence-electron chi connectivity index (χ2n) is 8.42. The minimum Gasteiger partial charge on any atom is -0.467 e. The second-order valence-corrected chi connectivity index (χ2v) is 10.1. The number of thioether (sulfide) groups is 1. The molecule has 2 aromatic rings. The zero-order chi connectivity index (χ0) is 23.7. The van der Waals surface area contributed by atoms with Crippen LogP contribution in [0.5, 0.6) is 0 Å². The van der Waals surface area contributed by atoms with Crippen molar-refractivity contribution in [3.8, 4) is 6.07 Å². The third-order valence-corrected chi connectivity index (χ3v) is 7.67. The van der Waals surface area contributed by atoms with Crippen molar-refractivity contribution in [2.75, 3.05) is 18.0 Å². The van der Waals surface area contributed by atoms with Gasteiger partial charge in [-0.25, -0.2) is 0 Å². The predicted molar refractivity (Wildman–Crippen MR) is 134 cm³/mol. The van der Waals surface area contributed by atoms with Crippen LogP contribution in [0, 0.1) is 24.2 Å². The van der Waals surface area contributed by atoms with Gasteiger partial charge in [-0.3, -0.25) is 19.1 Å². The maximum Gasteiger partial charge on any atom is 0.270 e. The Morgan fingerprint density at radius 3 is 2.67 bits per heavy atom. The van der Waals surface area contributed by atoms with Crippen LogP contribution in [0.15, 0.2) is 32.5 Å². The van der Waals surface area contributed by atoms with E-state index < -0.39 is 0 Å². The Labute approximate surface area is 202 Å². The lowest BCUT2D eigenvalue weighted by atomic mass is 9.97. The molecule has 0 unspecified atom stereocenters. The van der Waals surface area contributed by atoms with Gasteiger partial charge in [0, 0.05) is 25.2 Å². The highest BCUT2D eigenvalue weighted by atomic mass is 32.2. The summed E-state index contributed by atoms with van der Waals surface area (Å²) in [5.41, 5.74) is 1.16. The molecule has 4 heterocycles. The SMILES string of the molecule is CCn1c(N2CCC(C)CC2)c(/C=C2\SC(=S)N(Cc3ccco3)C2=O)c(C)c(C#N)c1=O. The van der Waals surface area contributed by atoms with E-state index in [9.17, 15) is 14.9 Å². The fourth-order valence-electron chi connectivity index (χ4n) is 4.32. The van der Waals surface area contributed by atoms with Crippen LogP contribution >= 0.6 is 24.0 Å². The predicted octanol–water partition coefficient (Wildman–Crippen LogP) is 4.28. The number of hydrogen-bond acceptors (Lipinski definition) is 7. The molecule has 0 N–H and O–H groups in total. The average Bonchev–Trinajstić information content (AvgIpc) is 3.40. The third-order valence-electron chi connectivity index (χ3n) is 6.29. The molecule has 1 amide bonds. The number of hydrogen-bond donors (Lipinski definition) is 0. The van der Waals surface area contributed by atoms with E-state index in [1.165, 1.54) is 16.7 Å². The zero-order valence-electron chi connectivity index (χ0n) is 19.0. The van der Waals surface area contributed by atoms with E-state index in [0.717, 1.165) is 37.3 Å². The van der Waals surface area contributed by atoms with E-state index in [1.54, 1.807) is 36.0 Å². The Morgan fingerprint density at radius 1 is 1.33 bits per heavy atom. The fraction of sp³-hybridized carbons (Fsp3) is 0.417.